The molecule has 0 bridgehead atoms. The molecule has 0 saturated carbocycles. The maximum Gasteiger partial charge on any atom is 0.368 e. The van der Waals surface area contributed by atoms with Gasteiger partial charge in [0.15, 0.2) is 0 Å². The molecule has 0 spiro atoms. The fourth-order valence-corrected chi connectivity index (χ4v) is 2.14. The van der Waals surface area contributed by atoms with Crippen molar-refractivity contribution in [1.29, 1.82) is 0 Å². The summed E-state index contributed by atoms with van der Waals surface area (Å²) in [7, 11) is -1.17. The summed E-state index contributed by atoms with van der Waals surface area (Å²) in [6.45, 7) is 7.13. The first-order chi connectivity index (χ1) is 8.26. The number of rotatable bonds is 6. The van der Waals surface area contributed by atoms with E-state index in [0.29, 0.717) is 0 Å². The van der Waals surface area contributed by atoms with Crippen molar-refractivity contribution >= 4 is 13.6 Å². The molecular formula is C12H21O5P. The zero-order chi connectivity index (χ0) is 14.3. The number of esters is 1. The number of allylic oxidation sites excluding steroid dienone is 3. The molecule has 104 valence electrons. The number of carbonyl (C=O) groups excluding carboxylic acids is 1. The van der Waals surface area contributed by atoms with Crippen LogP contribution in [0.3, 0.4) is 0 Å². The van der Waals surface area contributed by atoms with Crippen molar-refractivity contribution in [3.8, 4) is 0 Å². The summed E-state index contributed by atoms with van der Waals surface area (Å²) in [6.07, 6.45) is 2.75. The Kier molecular flexibility index (Phi) is 7.14. The van der Waals surface area contributed by atoms with Crippen LogP contribution < -0.4 is 0 Å². The largest absolute Gasteiger partial charge is 0.459 e. The molecule has 0 aliphatic rings. The standard InChI is InChI=1S/C12H21O5P/c1-9(2)7-8-11(12(13)17-10(3)4)18(14,15-5)16-6/h7-8,10H,1-6H3/b11-8+. The first-order valence-corrected chi connectivity index (χ1v) is 7.09. The highest BCUT2D eigenvalue weighted by atomic mass is 31.2. The third-order valence-electron chi connectivity index (χ3n) is 1.90. The van der Waals surface area contributed by atoms with Crippen LogP contribution in [0, 0.1) is 0 Å². The van der Waals surface area contributed by atoms with Crippen LogP contribution in [0.4, 0.5) is 0 Å². The van der Waals surface area contributed by atoms with Crippen molar-refractivity contribution in [3.05, 3.63) is 23.0 Å². The Balaban J connectivity index is 5.45. The van der Waals surface area contributed by atoms with E-state index in [1.807, 2.05) is 13.8 Å². The Labute approximate surface area is 108 Å². The molecule has 0 N–H and O–H groups in total. The molecule has 0 aromatic rings. The normalized spacial score (nSPS) is 12.5. The molecule has 0 fully saturated rings. The molecule has 0 amide bonds. The summed E-state index contributed by atoms with van der Waals surface area (Å²) >= 11 is 0. The second-order valence-corrected chi connectivity index (χ2v) is 6.32. The molecule has 0 unspecified atom stereocenters. The Bertz CT molecular complexity index is 383. The Morgan fingerprint density at radius 2 is 1.61 bits per heavy atom. The van der Waals surface area contributed by atoms with Gasteiger partial charge in [0.2, 0.25) is 0 Å². The average molecular weight is 276 g/mol. The van der Waals surface area contributed by atoms with Gasteiger partial charge in [-0.2, -0.15) is 0 Å². The maximum atomic E-state index is 12.2. The Morgan fingerprint density at radius 3 is 1.94 bits per heavy atom. The van der Waals surface area contributed by atoms with Crippen LogP contribution in [-0.4, -0.2) is 26.3 Å². The van der Waals surface area contributed by atoms with E-state index in [4.69, 9.17) is 13.8 Å². The number of hydrogen-bond donors (Lipinski definition) is 0. The highest BCUT2D eigenvalue weighted by Gasteiger charge is 2.34. The molecule has 0 atom stereocenters. The van der Waals surface area contributed by atoms with Gasteiger partial charge in [-0.15, -0.1) is 0 Å². The second-order valence-electron chi connectivity index (χ2n) is 4.11. The van der Waals surface area contributed by atoms with Gasteiger partial charge in [-0.1, -0.05) is 11.6 Å². The molecule has 0 heterocycles. The summed E-state index contributed by atoms with van der Waals surface area (Å²) in [4.78, 5) is 11.9. The molecule has 0 aromatic heterocycles. The van der Waals surface area contributed by atoms with E-state index in [1.54, 1.807) is 19.9 Å². The lowest BCUT2D eigenvalue weighted by molar-refractivity contribution is -0.141. The van der Waals surface area contributed by atoms with Crippen molar-refractivity contribution < 1.29 is 23.1 Å². The second kappa shape index (κ2) is 7.52. The zero-order valence-corrected chi connectivity index (χ0v) is 12.6. The first kappa shape index (κ1) is 17.1. The molecule has 0 aliphatic carbocycles. The number of ether oxygens (including phenoxy) is 1. The van der Waals surface area contributed by atoms with Crippen LogP contribution in [0.1, 0.15) is 27.7 Å². The van der Waals surface area contributed by atoms with E-state index in [-0.39, 0.29) is 11.4 Å². The van der Waals surface area contributed by atoms with E-state index < -0.39 is 13.6 Å². The highest BCUT2D eigenvalue weighted by molar-refractivity contribution is 7.59. The lowest BCUT2D eigenvalue weighted by atomic mass is 10.3. The van der Waals surface area contributed by atoms with Gasteiger partial charge in [-0.25, -0.2) is 4.79 Å². The molecule has 0 aliphatic heterocycles. The molecule has 0 rings (SSSR count). The average Bonchev–Trinajstić information content (AvgIpc) is 2.27. The minimum atomic E-state index is -3.62. The van der Waals surface area contributed by atoms with Gasteiger partial charge in [0, 0.05) is 14.2 Å². The topological polar surface area (TPSA) is 61.8 Å². The van der Waals surface area contributed by atoms with Crippen LogP contribution >= 0.6 is 7.60 Å². The van der Waals surface area contributed by atoms with Gasteiger partial charge in [0.25, 0.3) is 0 Å². The first-order valence-electron chi connectivity index (χ1n) is 5.55. The number of carbonyl (C=O) groups is 1. The number of hydrogen-bond acceptors (Lipinski definition) is 5. The van der Waals surface area contributed by atoms with Crippen molar-refractivity contribution in [2.45, 2.75) is 33.8 Å². The summed E-state index contributed by atoms with van der Waals surface area (Å²) in [5.41, 5.74) is 0.948. The van der Waals surface area contributed by atoms with E-state index in [1.165, 1.54) is 20.3 Å². The van der Waals surface area contributed by atoms with Crippen LogP contribution in [0.5, 0.6) is 0 Å². The maximum absolute atomic E-state index is 12.2. The molecule has 0 radical (unpaired) electrons. The predicted molar refractivity (Wildman–Crippen MR) is 70.4 cm³/mol. The van der Waals surface area contributed by atoms with E-state index in [0.717, 1.165) is 5.57 Å². The van der Waals surface area contributed by atoms with Crippen molar-refractivity contribution in [1.82, 2.24) is 0 Å². The third kappa shape index (κ3) is 5.17. The summed E-state index contributed by atoms with van der Waals surface area (Å²) in [6, 6.07) is 0. The fourth-order valence-electron chi connectivity index (χ4n) is 1.06. The molecule has 18 heavy (non-hydrogen) atoms. The summed E-state index contributed by atoms with van der Waals surface area (Å²) < 4.78 is 26.9. The SMILES string of the molecule is COP(=O)(OC)/C(=C/C=C(C)C)C(=O)OC(C)C. The molecule has 5 nitrogen and oxygen atoms in total. The van der Waals surface area contributed by atoms with Gasteiger partial charge in [0.05, 0.1) is 6.10 Å². The Morgan fingerprint density at radius 1 is 1.11 bits per heavy atom. The monoisotopic (exact) mass is 276 g/mol. The highest BCUT2D eigenvalue weighted by Crippen LogP contribution is 2.55. The smallest absolute Gasteiger partial charge is 0.368 e. The van der Waals surface area contributed by atoms with E-state index >= 15 is 0 Å². The summed E-state index contributed by atoms with van der Waals surface area (Å²) in [5, 5.41) is -0.109. The van der Waals surface area contributed by atoms with Crippen molar-refractivity contribution in [3.63, 3.8) is 0 Å². The van der Waals surface area contributed by atoms with Gasteiger partial charge in [0.1, 0.15) is 5.31 Å². The van der Waals surface area contributed by atoms with E-state index in [9.17, 15) is 9.36 Å². The van der Waals surface area contributed by atoms with E-state index in [2.05, 4.69) is 0 Å². The van der Waals surface area contributed by atoms with Crippen LogP contribution in [-0.2, 0) is 23.1 Å². The van der Waals surface area contributed by atoms with Crippen molar-refractivity contribution in [2.75, 3.05) is 14.2 Å². The van der Waals surface area contributed by atoms with Crippen molar-refractivity contribution in [2.24, 2.45) is 0 Å². The quantitative estimate of drug-likeness (QED) is 0.322. The molecule has 0 saturated heterocycles. The lowest BCUT2D eigenvalue weighted by Gasteiger charge is -2.17. The van der Waals surface area contributed by atoms with Crippen LogP contribution in [0.2, 0.25) is 0 Å². The third-order valence-corrected chi connectivity index (χ3v) is 3.79. The molecule has 0 aromatic carbocycles. The summed E-state index contributed by atoms with van der Waals surface area (Å²) in [5.74, 6) is -0.700. The molecular weight excluding hydrogens is 255 g/mol. The van der Waals surface area contributed by atoms with Gasteiger partial charge in [-0.3, -0.25) is 4.57 Å². The van der Waals surface area contributed by atoms with Crippen LogP contribution in [0.15, 0.2) is 23.0 Å². The minimum Gasteiger partial charge on any atom is -0.459 e. The van der Waals surface area contributed by atoms with Gasteiger partial charge >= 0.3 is 13.6 Å². The zero-order valence-electron chi connectivity index (χ0n) is 11.7. The fraction of sp³-hybridized carbons (Fsp3) is 0.583. The van der Waals surface area contributed by atoms with Gasteiger partial charge in [-0.05, 0) is 33.8 Å². The van der Waals surface area contributed by atoms with Crippen LogP contribution in [0.25, 0.3) is 0 Å². The predicted octanol–water partition coefficient (Wildman–Crippen LogP) is 3.27. The minimum absolute atomic E-state index is 0.109. The Hall–Kier alpha value is -0.900. The lowest BCUT2D eigenvalue weighted by Crippen LogP contribution is -2.15. The molecule has 6 heteroatoms. The van der Waals surface area contributed by atoms with Gasteiger partial charge < -0.3 is 13.8 Å².